The minimum Gasteiger partial charge on any atom is -0.356 e. The number of hydrogen-bond donors (Lipinski definition) is 2. The fourth-order valence-corrected chi connectivity index (χ4v) is 6.57. The highest BCUT2D eigenvalue weighted by Crippen LogP contribution is 2.40. The number of amides is 1. The summed E-state index contributed by atoms with van der Waals surface area (Å²) < 4.78 is 79.5. The van der Waals surface area contributed by atoms with E-state index in [4.69, 9.17) is 11.6 Å². The van der Waals surface area contributed by atoms with E-state index in [2.05, 4.69) is 10.0 Å². The van der Waals surface area contributed by atoms with Gasteiger partial charge in [-0.2, -0.15) is 0 Å². The summed E-state index contributed by atoms with van der Waals surface area (Å²) in [4.78, 5) is 28.1. The minimum atomic E-state index is -4.25. The summed E-state index contributed by atoms with van der Waals surface area (Å²) in [6.07, 6.45) is 0.907. The number of sulfonamides is 1. The SMILES string of the molecule is CS(=O)(=O)Nc1ccc2c(c1)S(=O)(=O)C=C(C1C(=O)c3cc(F)ccc3N(Cc3ccc(F)c(Cl)c3)C1=O)N2. The molecule has 0 fully saturated rings. The molecule has 0 aliphatic carbocycles. The molecule has 14 heteroatoms. The first-order valence-corrected chi connectivity index (χ1v) is 15.0. The average molecular weight is 594 g/mol. The van der Waals surface area contributed by atoms with E-state index in [0.29, 0.717) is 5.56 Å². The van der Waals surface area contributed by atoms with Crippen LogP contribution in [0.25, 0.3) is 0 Å². The maximum Gasteiger partial charge on any atom is 0.244 e. The summed E-state index contributed by atoms with van der Waals surface area (Å²) in [7, 11) is -7.94. The maximum absolute atomic E-state index is 14.2. The van der Waals surface area contributed by atoms with Crippen molar-refractivity contribution in [1.29, 1.82) is 0 Å². The van der Waals surface area contributed by atoms with Gasteiger partial charge in [-0.3, -0.25) is 14.3 Å². The summed E-state index contributed by atoms with van der Waals surface area (Å²) in [6.45, 7) is -0.168. The molecule has 0 bridgehead atoms. The molecule has 1 atom stereocenters. The summed E-state index contributed by atoms with van der Waals surface area (Å²) in [6, 6.07) is 10.8. The molecule has 5 rings (SSSR count). The number of nitrogens with one attached hydrogen (secondary N) is 2. The Balaban J connectivity index is 1.57. The minimum absolute atomic E-state index is 0.00293. The highest BCUT2D eigenvalue weighted by Gasteiger charge is 2.44. The van der Waals surface area contributed by atoms with E-state index in [1.165, 1.54) is 35.2 Å². The molecule has 1 unspecified atom stereocenters. The van der Waals surface area contributed by atoms with Crippen LogP contribution < -0.4 is 14.9 Å². The Kier molecular flexibility index (Phi) is 6.48. The van der Waals surface area contributed by atoms with Gasteiger partial charge in [0.05, 0.1) is 39.5 Å². The third-order valence-corrected chi connectivity index (χ3v) is 8.49. The Morgan fingerprint density at radius 1 is 1.05 bits per heavy atom. The molecule has 9 nitrogen and oxygen atoms in total. The van der Waals surface area contributed by atoms with Crippen LogP contribution in [0.3, 0.4) is 0 Å². The fraction of sp³-hybridized carbons (Fsp3) is 0.120. The highest BCUT2D eigenvalue weighted by molar-refractivity contribution is 7.94. The monoisotopic (exact) mass is 593 g/mol. The Bertz CT molecular complexity index is 1830. The molecule has 0 saturated carbocycles. The van der Waals surface area contributed by atoms with Crippen molar-refractivity contribution in [2.24, 2.45) is 5.92 Å². The van der Waals surface area contributed by atoms with Gasteiger partial charge >= 0.3 is 0 Å². The number of ketones is 1. The first-order chi connectivity index (χ1) is 18.2. The highest BCUT2D eigenvalue weighted by atomic mass is 35.5. The molecule has 2 N–H and O–H groups in total. The Morgan fingerprint density at radius 2 is 1.79 bits per heavy atom. The van der Waals surface area contributed by atoms with Crippen LogP contribution in [-0.2, 0) is 31.2 Å². The zero-order chi connectivity index (χ0) is 28.3. The molecule has 39 heavy (non-hydrogen) atoms. The Morgan fingerprint density at radius 3 is 2.49 bits per heavy atom. The van der Waals surface area contributed by atoms with Crippen molar-refractivity contribution in [3.63, 3.8) is 0 Å². The molecule has 3 aromatic carbocycles. The van der Waals surface area contributed by atoms with Crippen LogP contribution >= 0.6 is 11.6 Å². The van der Waals surface area contributed by atoms with E-state index in [1.807, 2.05) is 0 Å². The number of carbonyl (C=O) groups is 2. The molecule has 3 aromatic rings. The lowest BCUT2D eigenvalue weighted by Gasteiger charge is -2.35. The molecule has 202 valence electrons. The van der Waals surface area contributed by atoms with Gasteiger partial charge in [-0.15, -0.1) is 0 Å². The van der Waals surface area contributed by atoms with Gasteiger partial charge in [0.1, 0.15) is 17.6 Å². The number of Topliss-reactive ketones (excluding diaryl/α,β-unsaturated/α-hetero) is 1. The lowest BCUT2D eigenvalue weighted by Crippen LogP contribution is -2.46. The van der Waals surface area contributed by atoms with Crippen molar-refractivity contribution in [2.75, 3.05) is 21.2 Å². The van der Waals surface area contributed by atoms with Crippen molar-refractivity contribution in [3.05, 3.63) is 93.5 Å². The fourth-order valence-electron chi connectivity index (χ4n) is 4.44. The smallest absolute Gasteiger partial charge is 0.244 e. The predicted octanol–water partition coefficient (Wildman–Crippen LogP) is 4.08. The Hall–Kier alpha value is -3.81. The second-order valence-electron chi connectivity index (χ2n) is 8.96. The van der Waals surface area contributed by atoms with E-state index in [1.54, 1.807) is 0 Å². The standard InChI is InChI=1S/C25H18ClF2N3O6S2/c1-38(34,35)30-15-4-6-19-22(10-15)39(36,37)12-20(29-19)23-24(32)16-9-14(27)3-7-21(16)31(25(23)33)11-13-2-5-18(28)17(26)8-13/h2-10,12,23,29-30H,11H2,1H3. The number of anilines is 3. The maximum atomic E-state index is 14.2. The van der Waals surface area contributed by atoms with E-state index in [-0.39, 0.29) is 44.8 Å². The quantitative estimate of drug-likeness (QED) is 0.427. The number of hydrogen-bond acceptors (Lipinski definition) is 7. The molecule has 2 aliphatic heterocycles. The number of sulfone groups is 1. The molecule has 0 saturated heterocycles. The lowest BCUT2D eigenvalue weighted by molar-refractivity contribution is -0.120. The van der Waals surface area contributed by atoms with Crippen molar-refractivity contribution >= 4 is 60.2 Å². The van der Waals surface area contributed by atoms with E-state index in [0.717, 1.165) is 35.9 Å². The van der Waals surface area contributed by atoms with Gasteiger partial charge in [0, 0.05) is 16.9 Å². The van der Waals surface area contributed by atoms with Crippen LogP contribution in [0.15, 0.2) is 70.6 Å². The molecule has 2 heterocycles. The van der Waals surface area contributed by atoms with Gasteiger partial charge in [0.15, 0.2) is 5.78 Å². The summed E-state index contributed by atoms with van der Waals surface area (Å²) in [5.74, 6) is -4.71. The topological polar surface area (TPSA) is 130 Å². The Labute approximate surface area is 227 Å². The molecule has 0 aromatic heterocycles. The normalized spacial score (nSPS) is 18.1. The van der Waals surface area contributed by atoms with Crippen LogP contribution in [0.4, 0.5) is 25.8 Å². The lowest BCUT2D eigenvalue weighted by atomic mass is 9.87. The molecule has 0 radical (unpaired) electrons. The van der Waals surface area contributed by atoms with Crippen molar-refractivity contribution in [3.8, 4) is 0 Å². The van der Waals surface area contributed by atoms with Crippen LogP contribution in [0, 0.1) is 17.6 Å². The second kappa shape index (κ2) is 9.43. The molecule has 1 amide bonds. The number of nitrogens with zero attached hydrogens (tertiary/aromatic N) is 1. The van der Waals surface area contributed by atoms with Crippen molar-refractivity contribution < 1.29 is 35.2 Å². The van der Waals surface area contributed by atoms with Crippen LogP contribution in [0.5, 0.6) is 0 Å². The summed E-state index contributed by atoms with van der Waals surface area (Å²) in [5, 5.41) is 3.32. The van der Waals surface area contributed by atoms with Crippen molar-refractivity contribution in [1.82, 2.24) is 0 Å². The number of halogens is 3. The first kappa shape index (κ1) is 26.8. The number of rotatable bonds is 5. The number of fused-ring (bicyclic) bond motifs is 2. The van der Waals surface area contributed by atoms with Gasteiger partial charge in [-0.25, -0.2) is 25.6 Å². The van der Waals surface area contributed by atoms with Gasteiger partial charge in [0.25, 0.3) is 0 Å². The van der Waals surface area contributed by atoms with Crippen molar-refractivity contribution in [2.45, 2.75) is 11.4 Å². The third kappa shape index (κ3) is 5.12. The number of benzene rings is 3. The molecule has 0 spiro atoms. The zero-order valence-electron chi connectivity index (χ0n) is 19.9. The average Bonchev–Trinajstić information content (AvgIpc) is 2.83. The molecule has 2 aliphatic rings. The van der Waals surface area contributed by atoms with E-state index in [9.17, 15) is 35.2 Å². The van der Waals surface area contributed by atoms with Crippen LogP contribution in [0.1, 0.15) is 15.9 Å². The summed E-state index contributed by atoms with van der Waals surface area (Å²) in [5.41, 5.74) is 0.0995. The van der Waals surface area contributed by atoms with E-state index >= 15 is 0 Å². The largest absolute Gasteiger partial charge is 0.356 e. The summed E-state index contributed by atoms with van der Waals surface area (Å²) >= 11 is 5.88. The molecular formula is C25H18ClF2N3O6S2. The number of carbonyl (C=O) groups excluding carboxylic acids is 2. The first-order valence-electron chi connectivity index (χ1n) is 11.2. The molecular weight excluding hydrogens is 576 g/mol. The van der Waals surface area contributed by atoms with Gasteiger partial charge in [-0.1, -0.05) is 17.7 Å². The zero-order valence-corrected chi connectivity index (χ0v) is 22.3. The predicted molar refractivity (Wildman–Crippen MR) is 141 cm³/mol. The van der Waals surface area contributed by atoms with Gasteiger partial charge in [0.2, 0.25) is 25.8 Å². The third-order valence-electron chi connectivity index (χ3n) is 6.08. The van der Waals surface area contributed by atoms with Gasteiger partial charge in [-0.05, 0) is 54.1 Å². The van der Waals surface area contributed by atoms with Gasteiger partial charge < -0.3 is 10.2 Å². The van der Waals surface area contributed by atoms with E-state index < -0.39 is 49.1 Å². The van der Waals surface area contributed by atoms with Crippen LogP contribution in [-0.4, -0.2) is 34.8 Å². The van der Waals surface area contributed by atoms with Crippen LogP contribution in [0.2, 0.25) is 5.02 Å². The second-order valence-corrected chi connectivity index (χ2v) is 12.9.